The monoisotopic (exact) mass is 358 g/mol. The average molecular weight is 358 g/mol. The summed E-state index contributed by atoms with van der Waals surface area (Å²) in [5.41, 5.74) is 2.15. The topological polar surface area (TPSA) is 59.3 Å². The molecule has 2 aromatic heterocycles. The highest BCUT2D eigenvalue weighted by atomic mass is 19.3. The maximum absolute atomic E-state index is 13.5. The summed E-state index contributed by atoms with van der Waals surface area (Å²) in [6, 6.07) is 8.68. The Kier molecular flexibility index (Phi) is 4.97. The summed E-state index contributed by atoms with van der Waals surface area (Å²) in [5.74, 6) is -0.372. The van der Waals surface area contributed by atoms with E-state index in [1.165, 1.54) is 12.3 Å². The Balaban J connectivity index is 2.15. The van der Waals surface area contributed by atoms with Crippen molar-refractivity contribution in [3.05, 3.63) is 53.3 Å². The number of rotatable bonds is 5. The van der Waals surface area contributed by atoms with Crippen LogP contribution in [0.25, 0.3) is 16.9 Å². The summed E-state index contributed by atoms with van der Waals surface area (Å²) in [6.07, 6.45) is -0.699. The van der Waals surface area contributed by atoms with E-state index in [9.17, 15) is 13.6 Å². The van der Waals surface area contributed by atoms with Gasteiger partial charge in [-0.25, -0.2) is 18.3 Å². The summed E-state index contributed by atoms with van der Waals surface area (Å²) < 4.78 is 28.1. The first-order valence-corrected chi connectivity index (χ1v) is 8.45. The van der Waals surface area contributed by atoms with Gasteiger partial charge in [0.05, 0.1) is 11.9 Å². The first-order valence-electron chi connectivity index (χ1n) is 8.45. The number of hydrogen-bond acceptors (Lipinski definition) is 3. The molecular weight excluding hydrogens is 338 g/mol. The minimum absolute atomic E-state index is 0.0349. The van der Waals surface area contributed by atoms with Crippen LogP contribution in [0, 0.1) is 6.92 Å². The molecule has 26 heavy (non-hydrogen) atoms. The quantitative estimate of drug-likeness (QED) is 0.745. The molecule has 0 saturated heterocycles. The van der Waals surface area contributed by atoms with Crippen molar-refractivity contribution >= 4 is 11.6 Å². The van der Waals surface area contributed by atoms with Gasteiger partial charge in [0.2, 0.25) is 0 Å². The van der Waals surface area contributed by atoms with Crippen molar-refractivity contribution in [2.45, 2.75) is 39.7 Å². The number of benzene rings is 1. The van der Waals surface area contributed by atoms with Crippen LogP contribution in [0.5, 0.6) is 0 Å². The summed E-state index contributed by atoms with van der Waals surface area (Å²) in [7, 11) is 0. The Morgan fingerprint density at radius 1 is 1.27 bits per heavy atom. The summed E-state index contributed by atoms with van der Waals surface area (Å²) >= 11 is 0. The highest BCUT2D eigenvalue weighted by Crippen LogP contribution is 2.27. The molecule has 2 heterocycles. The van der Waals surface area contributed by atoms with Gasteiger partial charge < -0.3 is 5.32 Å². The third-order valence-electron chi connectivity index (χ3n) is 4.30. The number of halogens is 2. The Labute approximate surface area is 150 Å². The van der Waals surface area contributed by atoms with Gasteiger partial charge in [-0.3, -0.25) is 4.79 Å². The lowest BCUT2D eigenvalue weighted by atomic mass is 10.1. The molecule has 1 aromatic carbocycles. The molecule has 0 aliphatic carbocycles. The molecule has 1 atom stereocenters. The van der Waals surface area contributed by atoms with Crippen molar-refractivity contribution in [3.8, 4) is 11.3 Å². The average Bonchev–Trinajstić information content (AvgIpc) is 3.05. The van der Waals surface area contributed by atoms with Gasteiger partial charge in [0.25, 0.3) is 12.3 Å². The van der Waals surface area contributed by atoms with Crippen LogP contribution in [-0.2, 0) is 0 Å². The smallest absolute Gasteiger partial charge is 0.280 e. The molecular formula is C19H20F2N4O. The number of alkyl halides is 2. The second-order valence-electron chi connectivity index (χ2n) is 6.31. The van der Waals surface area contributed by atoms with Crippen LogP contribution in [0.3, 0.4) is 0 Å². The van der Waals surface area contributed by atoms with Gasteiger partial charge in [0.15, 0.2) is 5.65 Å². The lowest BCUT2D eigenvalue weighted by molar-refractivity contribution is 0.0940. The first-order chi connectivity index (χ1) is 12.4. The molecule has 0 saturated carbocycles. The highest BCUT2D eigenvalue weighted by molar-refractivity contribution is 6.00. The molecule has 0 bridgehead atoms. The van der Waals surface area contributed by atoms with E-state index in [4.69, 9.17) is 0 Å². The SMILES string of the molecule is CCC(C)NC(=O)c1cnn2c(C(F)F)cc(-c3ccc(C)cc3)nc12. The molecule has 0 fully saturated rings. The zero-order valence-corrected chi connectivity index (χ0v) is 14.8. The molecule has 136 valence electrons. The van der Waals surface area contributed by atoms with Crippen LogP contribution in [0.15, 0.2) is 36.5 Å². The number of carbonyl (C=O) groups is 1. The molecule has 0 spiro atoms. The van der Waals surface area contributed by atoms with E-state index in [-0.39, 0.29) is 28.9 Å². The van der Waals surface area contributed by atoms with Crippen LogP contribution in [0.1, 0.15) is 48.3 Å². The number of aryl methyl sites for hydroxylation is 1. The fourth-order valence-corrected chi connectivity index (χ4v) is 2.58. The maximum atomic E-state index is 13.5. The van der Waals surface area contributed by atoms with Crippen molar-refractivity contribution in [2.24, 2.45) is 0 Å². The van der Waals surface area contributed by atoms with Gasteiger partial charge in [-0.2, -0.15) is 5.10 Å². The van der Waals surface area contributed by atoms with Gasteiger partial charge in [0.1, 0.15) is 11.3 Å². The molecule has 5 nitrogen and oxygen atoms in total. The van der Waals surface area contributed by atoms with Crippen LogP contribution in [-0.4, -0.2) is 26.5 Å². The molecule has 0 aliphatic heterocycles. The van der Waals surface area contributed by atoms with E-state index < -0.39 is 6.43 Å². The maximum Gasteiger partial charge on any atom is 0.280 e. The summed E-state index contributed by atoms with van der Waals surface area (Å²) in [4.78, 5) is 16.9. The standard InChI is InChI=1S/C19H20F2N4O/c1-4-12(3)23-19(26)14-10-22-25-16(17(20)21)9-15(24-18(14)25)13-7-5-11(2)6-8-13/h5-10,12,17H,4H2,1-3H3,(H,23,26). The van der Waals surface area contributed by atoms with E-state index in [0.29, 0.717) is 11.3 Å². The molecule has 1 amide bonds. The van der Waals surface area contributed by atoms with Gasteiger partial charge in [-0.05, 0) is 26.3 Å². The summed E-state index contributed by atoms with van der Waals surface area (Å²) in [6.45, 7) is 5.77. The van der Waals surface area contributed by atoms with Crippen molar-refractivity contribution < 1.29 is 13.6 Å². The van der Waals surface area contributed by atoms with Crippen molar-refractivity contribution in [3.63, 3.8) is 0 Å². The van der Waals surface area contributed by atoms with E-state index in [1.54, 1.807) is 0 Å². The van der Waals surface area contributed by atoms with Gasteiger partial charge in [-0.1, -0.05) is 36.8 Å². The molecule has 3 rings (SSSR count). The molecule has 1 N–H and O–H groups in total. The lowest BCUT2D eigenvalue weighted by Crippen LogP contribution is -2.31. The Morgan fingerprint density at radius 3 is 2.58 bits per heavy atom. The number of carbonyl (C=O) groups excluding carboxylic acids is 1. The Hall–Kier alpha value is -2.83. The van der Waals surface area contributed by atoms with Crippen LogP contribution >= 0.6 is 0 Å². The minimum Gasteiger partial charge on any atom is -0.349 e. The van der Waals surface area contributed by atoms with E-state index in [0.717, 1.165) is 16.5 Å². The van der Waals surface area contributed by atoms with Crippen molar-refractivity contribution in [1.29, 1.82) is 0 Å². The first kappa shape index (κ1) is 18.0. The Morgan fingerprint density at radius 2 is 1.96 bits per heavy atom. The van der Waals surface area contributed by atoms with Gasteiger partial charge in [0, 0.05) is 11.6 Å². The van der Waals surface area contributed by atoms with Crippen LogP contribution < -0.4 is 5.32 Å². The van der Waals surface area contributed by atoms with E-state index in [2.05, 4.69) is 15.4 Å². The lowest BCUT2D eigenvalue weighted by Gasteiger charge is -2.11. The second-order valence-corrected chi connectivity index (χ2v) is 6.31. The number of fused-ring (bicyclic) bond motifs is 1. The molecule has 0 radical (unpaired) electrons. The zero-order valence-electron chi connectivity index (χ0n) is 14.8. The normalized spacial score (nSPS) is 12.5. The van der Waals surface area contributed by atoms with Gasteiger partial charge in [-0.15, -0.1) is 0 Å². The predicted molar refractivity (Wildman–Crippen MR) is 95.3 cm³/mol. The van der Waals surface area contributed by atoms with Crippen molar-refractivity contribution in [1.82, 2.24) is 19.9 Å². The number of amides is 1. The van der Waals surface area contributed by atoms with E-state index >= 15 is 0 Å². The predicted octanol–water partition coefficient (Wildman–Crippen LogP) is 4.17. The van der Waals surface area contributed by atoms with Crippen molar-refractivity contribution in [2.75, 3.05) is 0 Å². The highest BCUT2D eigenvalue weighted by Gasteiger charge is 2.22. The van der Waals surface area contributed by atoms with E-state index in [1.807, 2.05) is 45.0 Å². The molecule has 0 aliphatic rings. The summed E-state index contributed by atoms with van der Waals surface area (Å²) in [5, 5.41) is 6.78. The third kappa shape index (κ3) is 3.42. The molecule has 1 unspecified atom stereocenters. The molecule has 3 aromatic rings. The van der Waals surface area contributed by atoms with Crippen LogP contribution in [0.2, 0.25) is 0 Å². The zero-order chi connectivity index (χ0) is 18.8. The molecule has 7 heteroatoms. The number of nitrogens with zero attached hydrogens (tertiary/aromatic N) is 3. The third-order valence-corrected chi connectivity index (χ3v) is 4.30. The van der Waals surface area contributed by atoms with Crippen LogP contribution in [0.4, 0.5) is 8.78 Å². The minimum atomic E-state index is -2.74. The largest absolute Gasteiger partial charge is 0.349 e. The van der Waals surface area contributed by atoms with Gasteiger partial charge >= 0.3 is 0 Å². The fraction of sp³-hybridized carbons (Fsp3) is 0.316. The fourth-order valence-electron chi connectivity index (χ4n) is 2.58. The second kappa shape index (κ2) is 7.19. The Bertz CT molecular complexity index is 935. The number of nitrogens with one attached hydrogen (secondary N) is 1. The number of hydrogen-bond donors (Lipinski definition) is 1. The number of aromatic nitrogens is 3.